The first kappa shape index (κ1) is 14.0. The third kappa shape index (κ3) is 2.95. The number of nitrogens with zero attached hydrogens (tertiary/aromatic N) is 4. The van der Waals surface area contributed by atoms with E-state index in [2.05, 4.69) is 15.3 Å². The second-order valence-corrected chi connectivity index (χ2v) is 5.60. The molecule has 1 unspecified atom stereocenters. The van der Waals surface area contributed by atoms with Crippen LogP contribution in [-0.4, -0.2) is 38.3 Å². The molecule has 1 aromatic carbocycles. The first-order valence-electron chi connectivity index (χ1n) is 7.52. The molecule has 23 heavy (non-hydrogen) atoms. The molecule has 1 saturated heterocycles. The van der Waals surface area contributed by atoms with Gasteiger partial charge in [-0.25, -0.2) is 4.98 Å². The number of aromatic nitrogens is 4. The van der Waals surface area contributed by atoms with Gasteiger partial charge >= 0.3 is 0 Å². The minimum Gasteiger partial charge on any atom is -0.506 e. The highest BCUT2D eigenvalue weighted by atomic mass is 16.5. The summed E-state index contributed by atoms with van der Waals surface area (Å²) >= 11 is 0. The van der Waals surface area contributed by atoms with Crippen LogP contribution in [0.3, 0.4) is 0 Å². The number of rotatable bonds is 4. The van der Waals surface area contributed by atoms with Crippen molar-refractivity contribution in [3.8, 4) is 5.75 Å². The molecule has 0 saturated carbocycles. The molecule has 0 radical (unpaired) electrons. The Labute approximate surface area is 132 Å². The van der Waals surface area contributed by atoms with Crippen LogP contribution in [0.4, 0.5) is 0 Å². The third-order valence-electron chi connectivity index (χ3n) is 3.84. The highest BCUT2D eigenvalue weighted by Gasteiger charge is 2.16. The van der Waals surface area contributed by atoms with Gasteiger partial charge in [0.15, 0.2) is 11.1 Å². The minimum atomic E-state index is 0.107. The lowest BCUT2D eigenvalue weighted by atomic mass is 10.1. The highest BCUT2D eigenvalue weighted by molar-refractivity contribution is 5.81. The molecule has 0 amide bonds. The first-order valence-corrected chi connectivity index (χ1v) is 7.52. The third-order valence-corrected chi connectivity index (χ3v) is 3.84. The number of hydrogen-bond acceptors (Lipinski definition) is 6. The zero-order chi connectivity index (χ0) is 15.6. The van der Waals surface area contributed by atoms with Crippen LogP contribution < -0.4 is 0 Å². The summed E-state index contributed by atoms with van der Waals surface area (Å²) in [5.74, 6) is 1.03. The van der Waals surface area contributed by atoms with Gasteiger partial charge < -0.3 is 14.3 Å². The van der Waals surface area contributed by atoms with Gasteiger partial charge in [0.05, 0.1) is 12.8 Å². The average Bonchev–Trinajstić information content (AvgIpc) is 3.26. The Hall–Kier alpha value is -2.67. The Morgan fingerprint density at radius 3 is 3.13 bits per heavy atom. The van der Waals surface area contributed by atoms with Crippen LogP contribution in [-0.2, 0) is 11.3 Å². The maximum atomic E-state index is 9.73. The van der Waals surface area contributed by atoms with Gasteiger partial charge in [-0.05, 0) is 24.6 Å². The summed E-state index contributed by atoms with van der Waals surface area (Å²) < 4.78 is 12.7. The zero-order valence-electron chi connectivity index (χ0n) is 12.4. The van der Waals surface area contributed by atoms with Crippen molar-refractivity contribution in [1.29, 1.82) is 0 Å². The van der Waals surface area contributed by atoms with Crippen molar-refractivity contribution in [3.05, 3.63) is 36.0 Å². The lowest BCUT2D eigenvalue weighted by Gasteiger charge is -2.05. The van der Waals surface area contributed by atoms with Gasteiger partial charge in [-0.15, -0.1) is 5.10 Å². The maximum absolute atomic E-state index is 9.73. The molecule has 4 rings (SSSR count). The molecule has 2 aromatic heterocycles. The van der Waals surface area contributed by atoms with Gasteiger partial charge in [-0.1, -0.05) is 11.3 Å². The SMILES string of the molecule is Oc1cccc2oc(C=Cc3cn(CC4CCOC4)nn3)nc12. The van der Waals surface area contributed by atoms with E-state index in [9.17, 15) is 5.11 Å². The minimum absolute atomic E-state index is 0.107. The van der Waals surface area contributed by atoms with Crippen molar-refractivity contribution in [2.45, 2.75) is 13.0 Å². The largest absolute Gasteiger partial charge is 0.506 e. The molecule has 0 bridgehead atoms. The van der Waals surface area contributed by atoms with Gasteiger partial charge in [0.2, 0.25) is 5.89 Å². The van der Waals surface area contributed by atoms with E-state index in [1.54, 1.807) is 30.4 Å². The summed E-state index contributed by atoms with van der Waals surface area (Å²) in [6, 6.07) is 5.06. The smallest absolute Gasteiger partial charge is 0.220 e. The number of phenols is 1. The van der Waals surface area contributed by atoms with Crippen LogP contribution in [0.15, 0.2) is 28.8 Å². The second-order valence-electron chi connectivity index (χ2n) is 5.60. The highest BCUT2D eigenvalue weighted by Crippen LogP contribution is 2.25. The lowest BCUT2D eigenvalue weighted by Crippen LogP contribution is -2.10. The Kier molecular flexibility index (Phi) is 3.55. The number of para-hydroxylation sites is 1. The standard InChI is InChI=1S/C16H16N4O3/c21-13-2-1-3-14-16(13)17-15(23-14)5-4-12-9-20(19-18-12)8-11-6-7-22-10-11/h1-5,9,11,21H,6-8,10H2. The zero-order valence-corrected chi connectivity index (χ0v) is 12.4. The number of ether oxygens (including phenoxy) is 1. The topological polar surface area (TPSA) is 86.2 Å². The summed E-state index contributed by atoms with van der Waals surface area (Å²) in [7, 11) is 0. The Balaban J connectivity index is 1.49. The average molecular weight is 312 g/mol. The van der Waals surface area contributed by atoms with Crippen molar-refractivity contribution in [2.24, 2.45) is 5.92 Å². The number of benzene rings is 1. The Morgan fingerprint density at radius 2 is 2.30 bits per heavy atom. The first-order chi connectivity index (χ1) is 11.3. The van der Waals surface area contributed by atoms with E-state index >= 15 is 0 Å². The fraction of sp³-hybridized carbons (Fsp3) is 0.312. The lowest BCUT2D eigenvalue weighted by molar-refractivity contribution is 0.181. The molecule has 7 heteroatoms. The van der Waals surface area contributed by atoms with E-state index in [0.29, 0.717) is 22.9 Å². The Morgan fingerprint density at radius 1 is 1.35 bits per heavy atom. The number of aromatic hydroxyl groups is 1. The van der Waals surface area contributed by atoms with Crippen LogP contribution in [0.25, 0.3) is 23.3 Å². The predicted molar refractivity (Wildman–Crippen MR) is 83.5 cm³/mol. The maximum Gasteiger partial charge on any atom is 0.220 e. The van der Waals surface area contributed by atoms with Gasteiger partial charge in [0, 0.05) is 25.1 Å². The van der Waals surface area contributed by atoms with E-state index in [1.165, 1.54) is 0 Å². The second kappa shape index (κ2) is 5.85. The molecule has 1 fully saturated rings. The van der Waals surface area contributed by atoms with Crippen molar-refractivity contribution in [1.82, 2.24) is 20.0 Å². The van der Waals surface area contributed by atoms with Crippen LogP contribution in [0.2, 0.25) is 0 Å². The number of hydrogen-bond donors (Lipinski definition) is 1. The summed E-state index contributed by atoms with van der Waals surface area (Å²) in [5, 5.41) is 18.0. The molecule has 7 nitrogen and oxygen atoms in total. The quantitative estimate of drug-likeness (QED) is 0.795. The number of phenolic OH excluding ortho intramolecular Hbond substituents is 1. The molecule has 118 valence electrons. The fourth-order valence-electron chi connectivity index (χ4n) is 2.65. The van der Waals surface area contributed by atoms with Crippen molar-refractivity contribution in [3.63, 3.8) is 0 Å². The van der Waals surface area contributed by atoms with E-state index in [4.69, 9.17) is 9.15 Å². The molecule has 3 heterocycles. The predicted octanol–water partition coefficient (Wildman–Crippen LogP) is 2.33. The van der Waals surface area contributed by atoms with Crippen LogP contribution >= 0.6 is 0 Å². The van der Waals surface area contributed by atoms with Crippen molar-refractivity contribution < 1.29 is 14.3 Å². The molecule has 1 aliphatic heterocycles. The van der Waals surface area contributed by atoms with Gasteiger partial charge in [0.1, 0.15) is 11.4 Å². The summed E-state index contributed by atoms with van der Waals surface area (Å²) in [6.07, 6.45) is 6.45. The Bertz CT molecular complexity index is 846. The van der Waals surface area contributed by atoms with Crippen molar-refractivity contribution in [2.75, 3.05) is 13.2 Å². The normalized spacial score (nSPS) is 18.3. The molecule has 1 N–H and O–H groups in total. The molecule has 0 spiro atoms. The summed E-state index contributed by atoms with van der Waals surface area (Å²) in [6.45, 7) is 2.44. The van der Waals surface area contributed by atoms with Crippen molar-refractivity contribution >= 4 is 23.3 Å². The van der Waals surface area contributed by atoms with Crippen LogP contribution in [0.1, 0.15) is 18.0 Å². The molecule has 0 aliphatic carbocycles. The van der Waals surface area contributed by atoms with Gasteiger partial charge in [-0.2, -0.15) is 0 Å². The molecule has 3 aromatic rings. The van der Waals surface area contributed by atoms with E-state index in [1.807, 2.05) is 10.9 Å². The monoisotopic (exact) mass is 312 g/mol. The molecule has 1 aliphatic rings. The summed E-state index contributed by atoms with van der Waals surface area (Å²) in [4.78, 5) is 4.24. The van der Waals surface area contributed by atoms with Crippen LogP contribution in [0, 0.1) is 5.92 Å². The van der Waals surface area contributed by atoms with Gasteiger partial charge in [-0.3, -0.25) is 4.68 Å². The van der Waals surface area contributed by atoms with E-state index < -0.39 is 0 Å². The number of oxazole rings is 1. The van der Waals surface area contributed by atoms with Crippen LogP contribution in [0.5, 0.6) is 5.75 Å². The summed E-state index contributed by atoms with van der Waals surface area (Å²) in [5.41, 5.74) is 1.74. The fourth-order valence-corrected chi connectivity index (χ4v) is 2.65. The molecular weight excluding hydrogens is 296 g/mol. The number of fused-ring (bicyclic) bond motifs is 1. The van der Waals surface area contributed by atoms with E-state index in [0.717, 1.165) is 31.9 Å². The molecular formula is C16H16N4O3. The van der Waals surface area contributed by atoms with E-state index in [-0.39, 0.29) is 5.75 Å². The van der Waals surface area contributed by atoms with Gasteiger partial charge in [0.25, 0.3) is 0 Å². The molecule has 1 atom stereocenters.